The van der Waals surface area contributed by atoms with E-state index in [0.717, 1.165) is 31.6 Å². The Morgan fingerprint density at radius 3 is 3.10 bits per heavy atom. The minimum Gasteiger partial charge on any atom is -0.478 e. The average molecular weight is 285 g/mol. The highest BCUT2D eigenvalue weighted by atomic mass is 16.4. The molecule has 1 atom stereocenters. The number of benzene rings is 1. The number of carbonyl (C=O) groups is 1. The first-order valence-corrected chi connectivity index (χ1v) is 7.26. The van der Waals surface area contributed by atoms with E-state index in [0.29, 0.717) is 11.5 Å². The molecule has 5 heteroatoms. The maximum Gasteiger partial charge on any atom is 0.335 e. The Hall–Kier alpha value is -2.14. The number of aromatic amines is 1. The van der Waals surface area contributed by atoms with Crippen LogP contribution in [0.3, 0.4) is 0 Å². The smallest absolute Gasteiger partial charge is 0.335 e. The third kappa shape index (κ3) is 3.31. The number of hydrogen-bond acceptors (Lipinski definition) is 3. The van der Waals surface area contributed by atoms with E-state index in [1.54, 1.807) is 18.3 Å². The second-order valence-corrected chi connectivity index (χ2v) is 5.59. The molecule has 1 aliphatic heterocycles. The maximum atomic E-state index is 11.0. The Morgan fingerprint density at radius 2 is 2.33 bits per heavy atom. The van der Waals surface area contributed by atoms with Gasteiger partial charge in [0.2, 0.25) is 0 Å². The van der Waals surface area contributed by atoms with E-state index in [-0.39, 0.29) is 0 Å². The largest absolute Gasteiger partial charge is 0.478 e. The fraction of sp³-hybridized carbons (Fsp3) is 0.375. The Kier molecular flexibility index (Phi) is 4.01. The number of H-pyrrole nitrogens is 1. The number of piperidine rings is 1. The van der Waals surface area contributed by atoms with Crippen LogP contribution in [0.15, 0.2) is 36.5 Å². The first kappa shape index (κ1) is 13.8. The summed E-state index contributed by atoms with van der Waals surface area (Å²) in [5.74, 6) is -0.380. The molecule has 1 fully saturated rings. The third-order valence-electron chi connectivity index (χ3n) is 4.05. The first-order chi connectivity index (χ1) is 10.2. The van der Waals surface area contributed by atoms with Gasteiger partial charge in [0.15, 0.2) is 0 Å². The number of aromatic nitrogens is 2. The van der Waals surface area contributed by atoms with Gasteiger partial charge in [-0.2, -0.15) is 5.10 Å². The van der Waals surface area contributed by atoms with Crippen molar-refractivity contribution in [2.45, 2.75) is 25.3 Å². The van der Waals surface area contributed by atoms with Crippen molar-refractivity contribution in [3.05, 3.63) is 53.3 Å². The Balaban J connectivity index is 1.67. The van der Waals surface area contributed by atoms with Crippen molar-refractivity contribution in [3.8, 4) is 0 Å². The van der Waals surface area contributed by atoms with Crippen molar-refractivity contribution in [1.29, 1.82) is 0 Å². The van der Waals surface area contributed by atoms with E-state index in [1.807, 2.05) is 18.2 Å². The monoisotopic (exact) mass is 285 g/mol. The molecule has 1 saturated heterocycles. The van der Waals surface area contributed by atoms with Crippen molar-refractivity contribution in [2.24, 2.45) is 0 Å². The van der Waals surface area contributed by atoms with Crippen LogP contribution >= 0.6 is 0 Å². The molecule has 5 nitrogen and oxygen atoms in total. The van der Waals surface area contributed by atoms with Gasteiger partial charge in [-0.25, -0.2) is 4.79 Å². The van der Waals surface area contributed by atoms with Gasteiger partial charge in [0.05, 0.1) is 5.56 Å². The summed E-state index contributed by atoms with van der Waals surface area (Å²) in [6.07, 6.45) is 4.13. The molecule has 2 N–H and O–H groups in total. The summed E-state index contributed by atoms with van der Waals surface area (Å²) in [4.78, 5) is 13.4. The summed E-state index contributed by atoms with van der Waals surface area (Å²) in [6.45, 7) is 2.84. The van der Waals surface area contributed by atoms with Crippen LogP contribution in [0.1, 0.15) is 40.4 Å². The van der Waals surface area contributed by atoms with Crippen LogP contribution in [-0.2, 0) is 6.54 Å². The van der Waals surface area contributed by atoms with Gasteiger partial charge in [-0.3, -0.25) is 10.00 Å². The van der Waals surface area contributed by atoms with Crippen LogP contribution in [0, 0.1) is 0 Å². The first-order valence-electron chi connectivity index (χ1n) is 7.26. The SMILES string of the molecule is O=C(O)c1cccc(CN2CCC[C@H](c3ccn[nH]3)C2)c1. The zero-order valence-electron chi connectivity index (χ0n) is 11.8. The molecule has 2 heterocycles. The van der Waals surface area contributed by atoms with Crippen LogP contribution < -0.4 is 0 Å². The summed E-state index contributed by atoms with van der Waals surface area (Å²) in [6, 6.07) is 9.25. The third-order valence-corrected chi connectivity index (χ3v) is 4.05. The summed E-state index contributed by atoms with van der Waals surface area (Å²) < 4.78 is 0. The lowest BCUT2D eigenvalue weighted by Crippen LogP contribution is -2.34. The quantitative estimate of drug-likeness (QED) is 0.905. The summed E-state index contributed by atoms with van der Waals surface area (Å²) in [5.41, 5.74) is 2.61. The van der Waals surface area contributed by atoms with E-state index < -0.39 is 5.97 Å². The fourth-order valence-electron chi connectivity index (χ4n) is 3.01. The molecule has 0 amide bonds. The van der Waals surface area contributed by atoms with Crippen LogP contribution in [0.4, 0.5) is 0 Å². The highest BCUT2D eigenvalue weighted by Crippen LogP contribution is 2.26. The summed E-state index contributed by atoms with van der Waals surface area (Å²) >= 11 is 0. The van der Waals surface area contributed by atoms with Gasteiger partial charge in [-0.1, -0.05) is 12.1 Å². The van der Waals surface area contributed by atoms with Crippen LogP contribution in [0.2, 0.25) is 0 Å². The summed E-state index contributed by atoms with van der Waals surface area (Å²) in [5, 5.41) is 16.1. The van der Waals surface area contributed by atoms with Gasteiger partial charge in [-0.15, -0.1) is 0 Å². The van der Waals surface area contributed by atoms with Crippen LogP contribution in [0.5, 0.6) is 0 Å². The Bertz CT molecular complexity index is 610. The lowest BCUT2D eigenvalue weighted by molar-refractivity contribution is 0.0696. The van der Waals surface area contributed by atoms with Crippen molar-refractivity contribution in [3.63, 3.8) is 0 Å². The van der Waals surface area contributed by atoms with Crippen LogP contribution in [-0.4, -0.2) is 39.3 Å². The molecule has 3 rings (SSSR count). The van der Waals surface area contributed by atoms with Crippen molar-refractivity contribution >= 4 is 5.97 Å². The number of likely N-dealkylation sites (tertiary alicyclic amines) is 1. The fourth-order valence-corrected chi connectivity index (χ4v) is 3.01. The topological polar surface area (TPSA) is 69.2 Å². The maximum absolute atomic E-state index is 11.0. The molecular weight excluding hydrogens is 266 g/mol. The van der Waals surface area contributed by atoms with Gasteiger partial charge in [0.25, 0.3) is 0 Å². The zero-order valence-corrected chi connectivity index (χ0v) is 11.8. The molecule has 1 aromatic heterocycles. The molecule has 0 spiro atoms. The van der Waals surface area contributed by atoms with Gasteiger partial charge < -0.3 is 5.11 Å². The molecule has 0 bridgehead atoms. The van der Waals surface area contributed by atoms with E-state index in [4.69, 9.17) is 5.11 Å². The highest BCUT2D eigenvalue weighted by molar-refractivity contribution is 5.87. The number of carboxylic acid groups (broad SMARTS) is 1. The minimum absolute atomic E-state index is 0.356. The van der Waals surface area contributed by atoms with E-state index in [2.05, 4.69) is 15.1 Å². The number of rotatable bonds is 4. The van der Waals surface area contributed by atoms with Gasteiger partial charge in [0, 0.05) is 30.9 Å². The normalized spacial score (nSPS) is 19.5. The number of nitrogens with one attached hydrogen (secondary N) is 1. The van der Waals surface area contributed by atoms with Gasteiger partial charge in [0.1, 0.15) is 0 Å². The second kappa shape index (κ2) is 6.10. The van der Waals surface area contributed by atoms with Gasteiger partial charge >= 0.3 is 5.97 Å². The number of carboxylic acids is 1. The van der Waals surface area contributed by atoms with Crippen LogP contribution in [0.25, 0.3) is 0 Å². The standard InChI is InChI=1S/C16H19N3O2/c20-16(21)13-4-1-3-12(9-13)10-19-8-2-5-14(11-19)15-6-7-17-18-15/h1,3-4,6-7,9,14H,2,5,8,10-11H2,(H,17,18)(H,20,21)/t14-/m0/s1. The molecule has 0 saturated carbocycles. The lowest BCUT2D eigenvalue weighted by atomic mass is 9.94. The Labute approximate surface area is 123 Å². The number of hydrogen-bond donors (Lipinski definition) is 2. The van der Waals surface area contributed by atoms with Gasteiger partial charge in [-0.05, 0) is 43.1 Å². The zero-order chi connectivity index (χ0) is 14.7. The average Bonchev–Trinajstić information content (AvgIpc) is 3.02. The number of nitrogens with zero attached hydrogens (tertiary/aromatic N) is 2. The Morgan fingerprint density at radius 1 is 1.43 bits per heavy atom. The minimum atomic E-state index is -0.870. The molecule has 21 heavy (non-hydrogen) atoms. The van der Waals surface area contributed by atoms with Crippen molar-refractivity contribution < 1.29 is 9.90 Å². The van der Waals surface area contributed by atoms with Crippen molar-refractivity contribution in [1.82, 2.24) is 15.1 Å². The molecule has 2 aromatic rings. The summed E-state index contributed by atoms with van der Waals surface area (Å²) in [7, 11) is 0. The van der Waals surface area contributed by atoms with E-state index >= 15 is 0 Å². The van der Waals surface area contributed by atoms with Crippen molar-refractivity contribution in [2.75, 3.05) is 13.1 Å². The molecule has 1 aliphatic rings. The lowest BCUT2D eigenvalue weighted by Gasteiger charge is -2.32. The second-order valence-electron chi connectivity index (χ2n) is 5.59. The predicted octanol–water partition coefficient (Wildman–Crippen LogP) is 2.49. The molecular formula is C16H19N3O2. The molecule has 1 aromatic carbocycles. The number of aromatic carboxylic acids is 1. The van der Waals surface area contributed by atoms with E-state index in [9.17, 15) is 4.79 Å². The van der Waals surface area contributed by atoms with E-state index in [1.165, 1.54) is 12.1 Å². The predicted molar refractivity (Wildman–Crippen MR) is 79.2 cm³/mol. The molecule has 0 unspecified atom stereocenters. The molecule has 0 radical (unpaired) electrons. The molecule has 110 valence electrons. The molecule has 0 aliphatic carbocycles. The highest BCUT2D eigenvalue weighted by Gasteiger charge is 2.22.